The zero-order valence-corrected chi connectivity index (χ0v) is 15.4. The molecule has 0 aliphatic heterocycles. The summed E-state index contributed by atoms with van der Waals surface area (Å²) in [6, 6.07) is 16.8. The highest BCUT2D eigenvalue weighted by Crippen LogP contribution is 2.26. The third kappa shape index (κ3) is 2.68. The number of hydrogen-bond donors (Lipinski definition) is 0. The van der Waals surface area contributed by atoms with Crippen molar-refractivity contribution in [1.29, 1.82) is 0 Å². The highest BCUT2D eigenvalue weighted by molar-refractivity contribution is 5.95. The predicted molar refractivity (Wildman–Crippen MR) is 106 cm³/mol. The molecular formula is C22H19N3O2. The molecule has 2 aromatic heterocycles. The number of ketones is 1. The van der Waals surface area contributed by atoms with Gasteiger partial charge in [-0.2, -0.15) is 9.78 Å². The van der Waals surface area contributed by atoms with Crippen LogP contribution in [0, 0.1) is 13.8 Å². The van der Waals surface area contributed by atoms with Gasteiger partial charge in [-0.25, -0.2) is 0 Å². The molecule has 0 aliphatic rings. The standard InChI is InChI=1S/C22H19N3O2/c1-14-20-13-23-25(18-9-5-4-6-10-18)22(27)21(20)15(2)24(14)19-11-7-8-17(12-19)16(3)26/h4-13H,1-3H3. The third-order valence-corrected chi connectivity index (χ3v) is 4.91. The smallest absolute Gasteiger partial charge is 0.281 e. The lowest BCUT2D eigenvalue weighted by Gasteiger charge is -2.10. The Hall–Kier alpha value is -3.47. The van der Waals surface area contributed by atoms with Gasteiger partial charge in [0.05, 0.1) is 17.3 Å². The molecule has 134 valence electrons. The zero-order chi connectivity index (χ0) is 19.1. The maximum atomic E-state index is 13.2. The second-order valence-electron chi connectivity index (χ2n) is 6.60. The number of aromatic nitrogens is 3. The highest BCUT2D eigenvalue weighted by atomic mass is 16.1. The number of carbonyl (C=O) groups excluding carboxylic acids is 1. The first-order valence-corrected chi connectivity index (χ1v) is 8.76. The van der Waals surface area contributed by atoms with Crippen LogP contribution in [0.5, 0.6) is 0 Å². The van der Waals surface area contributed by atoms with Gasteiger partial charge >= 0.3 is 0 Å². The zero-order valence-electron chi connectivity index (χ0n) is 15.4. The molecule has 0 fully saturated rings. The second kappa shape index (κ2) is 6.36. The molecule has 2 aromatic carbocycles. The van der Waals surface area contributed by atoms with Crippen molar-refractivity contribution in [2.45, 2.75) is 20.8 Å². The lowest BCUT2D eigenvalue weighted by Crippen LogP contribution is -2.21. The molecule has 27 heavy (non-hydrogen) atoms. The molecule has 5 nitrogen and oxygen atoms in total. The van der Waals surface area contributed by atoms with E-state index in [-0.39, 0.29) is 11.3 Å². The van der Waals surface area contributed by atoms with Crippen LogP contribution in [-0.4, -0.2) is 20.1 Å². The summed E-state index contributed by atoms with van der Waals surface area (Å²) in [4.78, 5) is 24.9. The van der Waals surface area contributed by atoms with E-state index in [1.54, 1.807) is 19.2 Å². The summed E-state index contributed by atoms with van der Waals surface area (Å²) in [5.74, 6) is 0.0111. The lowest BCUT2D eigenvalue weighted by atomic mass is 10.1. The van der Waals surface area contributed by atoms with Crippen LogP contribution in [-0.2, 0) is 0 Å². The van der Waals surface area contributed by atoms with Crippen LogP contribution < -0.4 is 5.56 Å². The molecule has 0 aliphatic carbocycles. The van der Waals surface area contributed by atoms with Crippen LogP contribution in [0.3, 0.4) is 0 Å². The Bertz CT molecular complexity index is 1230. The number of fused-ring (bicyclic) bond motifs is 1. The van der Waals surface area contributed by atoms with E-state index in [0.29, 0.717) is 10.9 Å². The summed E-state index contributed by atoms with van der Waals surface area (Å²) in [6.45, 7) is 5.43. The molecule has 0 N–H and O–H groups in total. The minimum absolute atomic E-state index is 0.0111. The van der Waals surface area contributed by atoms with Gasteiger partial charge in [-0.05, 0) is 45.0 Å². The molecule has 5 heteroatoms. The van der Waals surface area contributed by atoms with E-state index in [1.165, 1.54) is 4.68 Å². The van der Waals surface area contributed by atoms with Gasteiger partial charge in [-0.1, -0.05) is 30.3 Å². The van der Waals surface area contributed by atoms with E-state index in [2.05, 4.69) is 5.10 Å². The average Bonchev–Trinajstić information content (AvgIpc) is 2.94. The molecule has 0 radical (unpaired) electrons. The normalized spacial score (nSPS) is 11.1. The summed E-state index contributed by atoms with van der Waals surface area (Å²) in [6.07, 6.45) is 1.73. The summed E-state index contributed by atoms with van der Waals surface area (Å²) in [5.41, 5.74) is 3.84. The molecule has 0 bridgehead atoms. The van der Waals surface area contributed by atoms with Gasteiger partial charge in [0, 0.05) is 28.0 Å². The topological polar surface area (TPSA) is 56.9 Å². The molecular weight excluding hydrogens is 338 g/mol. The maximum Gasteiger partial charge on any atom is 0.281 e. The Morgan fingerprint density at radius 1 is 0.926 bits per heavy atom. The number of benzene rings is 2. The van der Waals surface area contributed by atoms with Crippen LogP contribution in [0.25, 0.3) is 22.1 Å². The average molecular weight is 357 g/mol. The fourth-order valence-electron chi connectivity index (χ4n) is 3.57. The molecule has 0 spiro atoms. The van der Waals surface area contributed by atoms with Crippen molar-refractivity contribution in [2.24, 2.45) is 0 Å². The number of carbonyl (C=O) groups is 1. The van der Waals surface area contributed by atoms with Gasteiger partial charge in [0.1, 0.15) is 0 Å². The first kappa shape index (κ1) is 17.0. The molecule has 0 saturated heterocycles. The van der Waals surface area contributed by atoms with Gasteiger partial charge in [0.2, 0.25) is 0 Å². The number of hydrogen-bond acceptors (Lipinski definition) is 3. The number of rotatable bonds is 3. The van der Waals surface area contributed by atoms with Crippen molar-refractivity contribution in [3.8, 4) is 11.4 Å². The summed E-state index contributed by atoms with van der Waals surface area (Å²) in [5, 5.41) is 5.82. The predicted octanol–water partition coefficient (Wildman–Crippen LogP) is 4.00. The van der Waals surface area contributed by atoms with Crippen molar-refractivity contribution < 1.29 is 4.79 Å². The van der Waals surface area contributed by atoms with E-state index in [1.807, 2.05) is 66.9 Å². The monoisotopic (exact) mass is 357 g/mol. The van der Waals surface area contributed by atoms with Crippen molar-refractivity contribution >= 4 is 16.6 Å². The Balaban J connectivity index is 2.00. The van der Waals surface area contributed by atoms with Crippen molar-refractivity contribution in [3.63, 3.8) is 0 Å². The van der Waals surface area contributed by atoms with Crippen LogP contribution >= 0.6 is 0 Å². The lowest BCUT2D eigenvalue weighted by molar-refractivity contribution is 0.101. The minimum atomic E-state index is -0.152. The molecule has 0 saturated carbocycles. The number of para-hydroxylation sites is 1. The van der Waals surface area contributed by atoms with Gasteiger partial charge in [0.25, 0.3) is 5.56 Å². The number of Topliss-reactive ketones (excluding diaryl/α,β-unsaturated/α-hetero) is 1. The summed E-state index contributed by atoms with van der Waals surface area (Å²) >= 11 is 0. The Labute approximate surface area is 156 Å². The van der Waals surface area contributed by atoms with Gasteiger partial charge in [-0.3, -0.25) is 9.59 Å². The number of nitrogens with zero attached hydrogens (tertiary/aromatic N) is 3. The molecule has 0 atom stereocenters. The van der Waals surface area contributed by atoms with Gasteiger partial charge in [0.15, 0.2) is 5.78 Å². The largest absolute Gasteiger partial charge is 0.317 e. The molecule has 4 rings (SSSR count). The Kier molecular flexibility index (Phi) is 4.00. The molecule has 4 aromatic rings. The fraction of sp³-hybridized carbons (Fsp3) is 0.136. The van der Waals surface area contributed by atoms with Crippen LogP contribution in [0.2, 0.25) is 0 Å². The fourth-order valence-corrected chi connectivity index (χ4v) is 3.57. The van der Waals surface area contributed by atoms with Crippen molar-refractivity contribution in [3.05, 3.63) is 88.1 Å². The van der Waals surface area contributed by atoms with E-state index < -0.39 is 0 Å². The molecule has 2 heterocycles. The third-order valence-electron chi connectivity index (χ3n) is 4.91. The number of aryl methyl sites for hydroxylation is 2. The first-order valence-electron chi connectivity index (χ1n) is 8.76. The highest BCUT2D eigenvalue weighted by Gasteiger charge is 2.18. The van der Waals surface area contributed by atoms with Crippen molar-refractivity contribution in [1.82, 2.24) is 14.3 Å². The maximum absolute atomic E-state index is 13.2. The van der Waals surface area contributed by atoms with E-state index in [4.69, 9.17) is 0 Å². The van der Waals surface area contributed by atoms with Crippen LogP contribution in [0.4, 0.5) is 0 Å². The van der Waals surface area contributed by atoms with E-state index in [9.17, 15) is 9.59 Å². The minimum Gasteiger partial charge on any atom is -0.317 e. The second-order valence-corrected chi connectivity index (χ2v) is 6.60. The van der Waals surface area contributed by atoms with E-state index in [0.717, 1.165) is 28.1 Å². The van der Waals surface area contributed by atoms with Crippen LogP contribution in [0.1, 0.15) is 28.7 Å². The van der Waals surface area contributed by atoms with Crippen LogP contribution in [0.15, 0.2) is 65.6 Å². The molecule has 0 unspecified atom stereocenters. The van der Waals surface area contributed by atoms with E-state index >= 15 is 0 Å². The first-order chi connectivity index (χ1) is 13.0. The van der Waals surface area contributed by atoms with Crippen molar-refractivity contribution in [2.75, 3.05) is 0 Å². The SMILES string of the molecule is CC(=O)c1cccc(-n2c(C)c3cnn(-c4ccccc4)c(=O)c3c2C)c1. The molecule has 0 amide bonds. The summed E-state index contributed by atoms with van der Waals surface area (Å²) in [7, 11) is 0. The van der Waals surface area contributed by atoms with Gasteiger partial charge in [-0.15, -0.1) is 0 Å². The Morgan fingerprint density at radius 2 is 1.63 bits per heavy atom. The quantitative estimate of drug-likeness (QED) is 0.521. The van der Waals surface area contributed by atoms with Gasteiger partial charge < -0.3 is 4.57 Å². The Morgan fingerprint density at radius 3 is 2.33 bits per heavy atom. The summed E-state index contributed by atoms with van der Waals surface area (Å²) < 4.78 is 3.43.